The van der Waals surface area contributed by atoms with Crippen LogP contribution in [0.5, 0.6) is 0 Å². The van der Waals surface area contributed by atoms with Gasteiger partial charge in [0.25, 0.3) is 0 Å². The van der Waals surface area contributed by atoms with Crippen LogP contribution in [0.3, 0.4) is 0 Å². The molecule has 4 nitrogen and oxygen atoms in total. The van der Waals surface area contributed by atoms with Crippen molar-refractivity contribution in [2.75, 3.05) is 19.8 Å². The fourth-order valence-corrected chi connectivity index (χ4v) is 1.92. The van der Waals surface area contributed by atoms with Crippen LogP contribution in [0.15, 0.2) is 18.2 Å². The molecule has 1 saturated heterocycles. The molecule has 17 heavy (non-hydrogen) atoms. The van der Waals surface area contributed by atoms with Gasteiger partial charge >= 0.3 is 0 Å². The third-order valence-electron chi connectivity index (χ3n) is 2.95. The zero-order chi connectivity index (χ0) is 12.3. The van der Waals surface area contributed by atoms with Gasteiger partial charge in [-0.1, -0.05) is 12.1 Å². The molecule has 3 N–H and O–H groups in total. The first kappa shape index (κ1) is 12.4. The van der Waals surface area contributed by atoms with Crippen molar-refractivity contribution >= 4 is 0 Å². The predicted octanol–water partition coefficient (Wildman–Crippen LogP) is 1.05. The van der Waals surface area contributed by atoms with Crippen molar-refractivity contribution in [1.82, 2.24) is 5.43 Å². The lowest BCUT2D eigenvalue weighted by Crippen LogP contribution is -2.43. The Labute approximate surface area is 99.9 Å². The summed E-state index contributed by atoms with van der Waals surface area (Å²) in [6, 6.07) is 4.81. The van der Waals surface area contributed by atoms with E-state index in [0.29, 0.717) is 25.4 Å². The van der Waals surface area contributed by atoms with Gasteiger partial charge in [0.2, 0.25) is 0 Å². The molecule has 0 aliphatic carbocycles. The first-order valence-electron chi connectivity index (χ1n) is 5.64. The molecule has 0 saturated carbocycles. The number of nitrogens with two attached hydrogens (primary N) is 1. The second-order valence-corrected chi connectivity index (χ2v) is 4.14. The van der Waals surface area contributed by atoms with Gasteiger partial charge in [-0.25, -0.2) is 4.39 Å². The highest BCUT2D eigenvalue weighted by Gasteiger charge is 2.26. The molecule has 1 fully saturated rings. The van der Waals surface area contributed by atoms with E-state index in [0.717, 1.165) is 5.56 Å². The minimum Gasteiger partial charge on any atom is -0.376 e. The van der Waals surface area contributed by atoms with E-state index >= 15 is 0 Å². The molecule has 2 rings (SSSR count). The van der Waals surface area contributed by atoms with Gasteiger partial charge in [-0.15, -0.1) is 0 Å². The lowest BCUT2D eigenvalue weighted by Gasteiger charge is -2.30. The number of rotatable bonds is 3. The van der Waals surface area contributed by atoms with Crippen molar-refractivity contribution in [2.45, 2.75) is 19.1 Å². The zero-order valence-electron chi connectivity index (χ0n) is 9.78. The van der Waals surface area contributed by atoms with E-state index < -0.39 is 0 Å². The Balaban J connectivity index is 2.18. The number of hydrazine groups is 1. The minimum absolute atomic E-state index is 0.184. The fourth-order valence-electron chi connectivity index (χ4n) is 1.92. The molecular weight excluding hydrogens is 223 g/mol. The van der Waals surface area contributed by atoms with Crippen LogP contribution in [0.2, 0.25) is 0 Å². The van der Waals surface area contributed by atoms with Crippen LogP contribution in [0.25, 0.3) is 0 Å². The SMILES string of the molecule is Cc1ccc(C(NN)C2COCCO2)cc1F. The standard InChI is InChI=1S/C12H17FN2O2/c1-8-2-3-9(6-10(8)13)12(15-14)11-7-16-4-5-17-11/h2-3,6,11-12,15H,4-5,7,14H2,1H3. The fraction of sp³-hybridized carbons (Fsp3) is 0.500. The monoisotopic (exact) mass is 240 g/mol. The molecule has 1 aromatic carbocycles. The van der Waals surface area contributed by atoms with E-state index in [4.69, 9.17) is 15.3 Å². The van der Waals surface area contributed by atoms with Gasteiger partial charge in [0.1, 0.15) is 11.9 Å². The highest BCUT2D eigenvalue weighted by molar-refractivity contribution is 5.26. The van der Waals surface area contributed by atoms with Crippen LogP contribution in [-0.4, -0.2) is 25.9 Å². The Morgan fingerprint density at radius 2 is 2.29 bits per heavy atom. The number of hydrogen-bond donors (Lipinski definition) is 2. The second kappa shape index (κ2) is 5.55. The van der Waals surface area contributed by atoms with Crippen LogP contribution in [0, 0.1) is 12.7 Å². The molecule has 1 heterocycles. The number of nitrogens with one attached hydrogen (secondary N) is 1. The second-order valence-electron chi connectivity index (χ2n) is 4.14. The molecule has 0 aromatic heterocycles. The van der Waals surface area contributed by atoms with Crippen molar-refractivity contribution < 1.29 is 13.9 Å². The molecule has 0 bridgehead atoms. The predicted molar refractivity (Wildman–Crippen MR) is 61.8 cm³/mol. The summed E-state index contributed by atoms with van der Waals surface area (Å²) in [5.74, 6) is 5.28. The van der Waals surface area contributed by atoms with Gasteiger partial charge in [-0.05, 0) is 24.1 Å². The zero-order valence-corrected chi connectivity index (χ0v) is 9.78. The van der Waals surface area contributed by atoms with Crippen molar-refractivity contribution in [2.24, 2.45) is 5.84 Å². The molecule has 0 radical (unpaired) electrons. The summed E-state index contributed by atoms with van der Waals surface area (Å²) in [5.41, 5.74) is 4.05. The van der Waals surface area contributed by atoms with Crippen LogP contribution in [0.4, 0.5) is 4.39 Å². The van der Waals surface area contributed by atoms with Gasteiger partial charge < -0.3 is 9.47 Å². The molecule has 2 unspecified atom stereocenters. The Morgan fingerprint density at radius 1 is 1.47 bits per heavy atom. The van der Waals surface area contributed by atoms with Crippen molar-refractivity contribution in [3.63, 3.8) is 0 Å². The maximum atomic E-state index is 13.5. The van der Waals surface area contributed by atoms with E-state index in [9.17, 15) is 4.39 Å². The van der Waals surface area contributed by atoms with Crippen molar-refractivity contribution in [3.05, 3.63) is 35.1 Å². The summed E-state index contributed by atoms with van der Waals surface area (Å²) in [6.07, 6.45) is -0.184. The molecule has 1 aliphatic rings. The lowest BCUT2D eigenvalue weighted by molar-refractivity contribution is -0.102. The largest absolute Gasteiger partial charge is 0.376 e. The quantitative estimate of drug-likeness (QED) is 0.612. The summed E-state index contributed by atoms with van der Waals surface area (Å²) in [4.78, 5) is 0. The topological polar surface area (TPSA) is 56.5 Å². The first-order valence-corrected chi connectivity index (χ1v) is 5.64. The maximum Gasteiger partial charge on any atom is 0.126 e. The first-order chi connectivity index (χ1) is 8.22. The maximum absolute atomic E-state index is 13.5. The average molecular weight is 240 g/mol. The van der Waals surface area contributed by atoms with Gasteiger partial charge in [-0.3, -0.25) is 11.3 Å². The van der Waals surface area contributed by atoms with Gasteiger partial charge in [-0.2, -0.15) is 0 Å². The molecule has 94 valence electrons. The Morgan fingerprint density at radius 3 is 2.88 bits per heavy atom. The molecule has 0 spiro atoms. The Hall–Kier alpha value is -1.01. The summed E-state index contributed by atoms with van der Waals surface area (Å²) in [6.45, 7) is 3.32. The van der Waals surface area contributed by atoms with E-state index in [1.165, 1.54) is 6.07 Å². The van der Waals surface area contributed by atoms with E-state index in [-0.39, 0.29) is 18.0 Å². The average Bonchev–Trinajstić information content (AvgIpc) is 2.36. The number of benzene rings is 1. The summed E-state index contributed by atoms with van der Waals surface area (Å²) < 4.78 is 24.4. The molecule has 1 aliphatic heterocycles. The smallest absolute Gasteiger partial charge is 0.126 e. The normalized spacial score (nSPS) is 22.4. The van der Waals surface area contributed by atoms with Crippen LogP contribution in [-0.2, 0) is 9.47 Å². The summed E-state index contributed by atoms with van der Waals surface area (Å²) >= 11 is 0. The number of ether oxygens (including phenoxy) is 2. The number of hydrogen-bond acceptors (Lipinski definition) is 4. The molecule has 1 aromatic rings. The van der Waals surface area contributed by atoms with Crippen LogP contribution in [0.1, 0.15) is 17.2 Å². The minimum atomic E-state index is -0.259. The number of halogens is 1. The lowest BCUT2D eigenvalue weighted by atomic mass is 10.0. The Kier molecular flexibility index (Phi) is 4.06. The van der Waals surface area contributed by atoms with E-state index in [1.54, 1.807) is 13.0 Å². The Bertz CT molecular complexity index is 381. The third-order valence-corrected chi connectivity index (χ3v) is 2.95. The van der Waals surface area contributed by atoms with Gasteiger partial charge in [0.15, 0.2) is 0 Å². The summed E-state index contributed by atoms with van der Waals surface area (Å²) in [7, 11) is 0. The third kappa shape index (κ3) is 2.81. The van der Waals surface area contributed by atoms with Crippen LogP contribution >= 0.6 is 0 Å². The van der Waals surface area contributed by atoms with Crippen molar-refractivity contribution in [1.29, 1.82) is 0 Å². The highest BCUT2D eigenvalue weighted by Crippen LogP contribution is 2.22. The van der Waals surface area contributed by atoms with Gasteiger partial charge in [0, 0.05) is 0 Å². The molecule has 2 atom stereocenters. The van der Waals surface area contributed by atoms with E-state index in [1.807, 2.05) is 6.07 Å². The van der Waals surface area contributed by atoms with E-state index in [2.05, 4.69) is 5.43 Å². The van der Waals surface area contributed by atoms with Gasteiger partial charge in [0.05, 0.1) is 25.9 Å². The molecular formula is C12H17FN2O2. The van der Waals surface area contributed by atoms with Crippen LogP contribution < -0.4 is 11.3 Å². The van der Waals surface area contributed by atoms with Crippen molar-refractivity contribution in [3.8, 4) is 0 Å². The highest BCUT2D eigenvalue weighted by atomic mass is 19.1. The molecule has 5 heteroatoms. The summed E-state index contributed by atoms with van der Waals surface area (Å²) in [5, 5.41) is 0. The number of aryl methyl sites for hydroxylation is 1. The molecule has 0 amide bonds.